The molecule has 0 saturated carbocycles. The number of hydrogen-bond acceptors (Lipinski definition) is 3. The van der Waals surface area contributed by atoms with Gasteiger partial charge in [0.2, 0.25) is 0 Å². The van der Waals surface area contributed by atoms with Gasteiger partial charge in [-0.05, 0) is 42.8 Å². The van der Waals surface area contributed by atoms with Crippen LogP contribution in [-0.2, 0) is 6.54 Å². The van der Waals surface area contributed by atoms with Crippen LogP contribution in [0.25, 0.3) is 0 Å². The van der Waals surface area contributed by atoms with Crippen LogP contribution < -0.4 is 5.32 Å². The first kappa shape index (κ1) is 15.6. The van der Waals surface area contributed by atoms with E-state index in [4.69, 9.17) is 16.7 Å². The molecule has 1 heterocycles. The number of rotatable bonds is 3. The molecular weight excluding hydrogens is 306 g/mol. The monoisotopic (exact) mass is 319 g/mol. The van der Waals surface area contributed by atoms with Gasteiger partial charge in [-0.1, -0.05) is 23.4 Å². The van der Waals surface area contributed by atoms with Crippen LogP contribution in [0.2, 0.25) is 5.02 Å². The van der Waals surface area contributed by atoms with Crippen molar-refractivity contribution in [1.82, 2.24) is 5.32 Å². The Morgan fingerprint density at radius 3 is 2.90 bits per heavy atom. The molecule has 0 saturated heterocycles. The first-order valence-electron chi connectivity index (χ1n) is 6.33. The molecule has 1 aromatic heterocycles. The van der Waals surface area contributed by atoms with Crippen molar-refractivity contribution >= 4 is 28.8 Å². The lowest BCUT2D eigenvalue weighted by Crippen LogP contribution is -2.22. The maximum atomic E-state index is 12.0. The summed E-state index contributed by atoms with van der Waals surface area (Å²) in [5, 5.41) is 12.2. The molecule has 0 spiro atoms. The number of hydrogen-bond donors (Lipinski definition) is 2. The lowest BCUT2D eigenvalue weighted by molar-refractivity contribution is 0.0951. The molecule has 1 aromatic carbocycles. The van der Waals surface area contributed by atoms with Crippen molar-refractivity contribution in [1.29, 1.82) is 0 Å². The summed E-state index contributed by atoms with van der Waals surface area (Å²) in [6.07, 6.45) is 0. The van der Waals surface area contributed by atoms with Gasteiger partial charge in [-0.3, -0.25) is 4.79 Å². The van der Waals surface area contributed by atoms with Crippen molar-refractivity contribution in [3.8, 4) is 11.8 Å². The number of aliphatic hydroxyl groups is 1. The van der Waals surface area contributed by atoms with E-state index >= 15 is 0 Å². The highest BCUT2D eigenvalue weighted by Crippen LogP contribution is 2.17. The Labute approximate surface area is 132 Å². The Hall–Kier alpha value is -1.80. The van der Waals surface area contributed by atoms with E-state index in [2.05, 4.69) is 17.2 Å². The van der Waals surface area contributed by atoms with Gasteiger partial charge in [0, 0.05) is 15.5 Å². The van der Waals surface area contributed by atoms with E-state index < -0.39 is 0 Å². The predicted molar refractivity (Wildman–Crippen MR) is 85.6 cm³/mol. The molecule has 0 aliphatic rings. The molecular formula is C16H14ClNO2S. The topological polar surface area (TPSA) is 49.3 Å². The van der Waals surface area contributed by atoms with Crippen LogP contribution in [0.15, 0.2) is 30.3 Å². The van der Waals surface area contributed by atoms with Crippen LogP contribution in [-0.4, -0.2) is 17.6 Å². The van der Waals surface area contributed by atoms with Gasteiger partial charge >= 0.3 is 0 Å². The molecule has 5 heteroatoms. The Morgan fingerprint density at radius 1 is 1.38 bits per heavy atom. The molecule has 108 valence electrons. The van der Waals surface area contributed by atoms with Crippen molar-refractivity contribution in [2.24, 2.45) is 0 Å². The standard InChI is InChI=1S/C16H14ClNO2S/c1-11-9-12(4-7-15(11)17)16(20)18-10-14-6-5-13(21-14)3-2-8-19/h4-7,9,19H,8,10H2,1H3,(H,18,20). The maximum absolute atomic E-state index is 12.0. The number of nitrogens with one attached hydrogen (secondary N) is 1. The average Bonchev–Trinajstić information content (AvgIpc) is 2.93. The third-order valence-electron chi connectivity index (χ3n) is 2.80. The number of carbonyl (C=O) groups is 1. The van der Waals surface area contributed by atoms with Gasteiger partial charge in [-0.15, -0.1) is 11.3 Å². The second-order valence-corrected chi connectivity index (χ2v) is 5.95. The normalized spacial score (nSPS) is 9.86. The molecule has 21 heavy (non-hydrogen) atoms. The summed E-state index contributed by atoms with van der Waals surface area (Å²) in [5.41, 5.74) is 1.47. The fourth-order valence-electron chi connectivity index (χ4n) is 1.72. The Kier molecular flexibility index (Phi) is 5.40. The second kappa shape index (κ2) is 7.28. The number of thiophene rings is 1. The summed E-state index contributed by atoms with van der Waals surface area (Å²) in [5.74, 6) is 5.30. The van der Waals surface area contributed by atoms with Gasteiger partial charge in [0.15, 0.2) is 0 Å². The SMILES string of the molecule is Cc1cc(C(=O)NCc2ccc(C#CCO)s2)ccc1Cl. The lowest BCUT2D eigenvalue weighted by atomic mass is 10.1. The lowest BCUT2D eigenvalue weighted by Gasteiger charge is -2.05. The van der Waals surface area contributed by atoms with E-state index in [1.807, 2.05) is 19.1 Å². The third-order valence-corrected chi connectivity index (χ3v) is 4.22. The molecule has 2 N–H and O–H groups in total. The summed E-state index contributed by atoms with van der Waals surface area (Å²) in [6.45, 7) is 2.16. The number of amides is 1. The highest BCUT2D eigenvalue weighted by atomic mass is 35.5. The zero-order chi connectivity index (χ0) is 15.2. The van der Waals surface area contributed by atoms with Gasteiger partial charge < -0.3 is 10.4 Å². The van der Waals surface area contributed by atoms with E-state index in [9.17, 15) is 4.79 Å². The molecule has 0 aliphatic carbocycles. The Bertz CT molecular complexity index is 713. The highest BCUT2D eigenvalue weighted by Gasteiger charge is 2.07. The van der Waals surface area contributed by atoms with E-state index in [1.165, 1.54) is 11.3 Å². The zero-order valence-corrected chi connectivity index (χ0v) is 13.0. The van der Waals surface area contributed by atoms with E-state index in [1.54, 1.807) is 18.2 Å². The van der Waals surface area contributed by atoms with Crippen LogP contribution in [0.5, 0.6) is 0 Å². The van der Waals surface area contributed by atoms with Gasteiger partial charge in [0.1, 0.15) is 6.61 Å². The van der Waals surface area contributed by atoms with Crippen molar-refractivity contribution in [3.05, 3.63) is 56.2 Å². The Morgan fingerprint density at radius 2 is 2.19 bits per heavy atom. The van der Waals surface area contributed by atoms with E-state index in [-0.39, 0.29) is 12.5 Å². The molecule has 0 aliphatic heterocycles. The van der Waals surface area contributed by atoms with Crippen molar-refractivity contribution < 1.29 is 9.90 Å². The molecule has 3 nitrogen and oxygen atoms in total. The average molecular weight is 320 g/mol. The fraction of sp³-hybridized carbons (Fsp3) is 0.188. The molecule has 0 fully saturated rings. The number of benzene rings is 1. The number of aliphatic hydroxyl groups excluding tert-OH is 1. The quantitative estimate of drug-likeness (QED) is 0.855. The second-order valence-electron chi connectivity index (χ2n) is 4.37. The van der Waals surface area contributed by atoms with Crippen LogP contribution >= 0.6 is 22.9 Å². The molecule has 0 bridgehead atoms. The number of carbonyl (C=O) groups excluding carboxylic acids is 1. The van der Waals surface area contributed by atoms with Crippen molar-refractivity contribution in [3.63, 3.8) is 0 Å². The minimum atomic E-state index is -0.153. The van der Waals surface area contributed by atoms with Crippen molar-refractivity contribution in [2.75, 3.05) is 6.61 Å². The third kappa shape index (κ3) is 4.33. The highest BCUT2D eigenvalue weighted by molar-refractivity contribution is 7.12. The molecule has 2 rings (SSSR count). The number of aryl methyl sites for hydroxylation is 1. The minimum Gasteiger partial charge on any atom is -0.384 e. The van der Waals surface area contributed by atoms with Gasteiger partial charge in [-0.25, -0.2) is 0 Å². The van der Waals surface area contributed by atoms with Crippen LogP contribution in [0.3, 0.4) is 0 Å². The van der Waals surface area contributed by atoms with Gasteiger partial charge in [0.05, 0.1) is 11.4 Å². The van der Waals surface area contributed by atoms with Crippen LogP contribution in [0.1, 0.15) is 25.7 Å². The van der Waals surface area contributed by atoms with Crippen LogP contribution in [0, 0.1) is 18.8 Å². The summed E-state index contributed by atoms with van der Waals surface area (Å²) < 4.78 is 0. The van der Waals surface area contributed by atoms with Crippen molar-refractivity contribution in [2.45, 2.75) is 13.5 Å². The summed E-state index contributed by atoms with van der Waals surface area (Å²) in [6, 6.07) is 8.99. The van der Waals surface area contributed by atoms with E-state index in [0.29, 0.717) is 17.1 Å². The van der Waals surface area contributed by atoms with E-state index in [0.717, 1.165) is 15.3 Å². The summed E-state index contributed by atoms with van der Waals surface area (Å²) in [4.78, 5) is 13.9. The minimum absolute atomic E-state index is 0.133. The van der Waals surface area contributed by atoms with Crippen LogP contribution in [0.4, 0.5) is 0 Å². The number of halogens is 1. The molecule has 1 amide bonds. The first-order valence-corrected chi connectivity index (χ1v) is 7.52. The molecule has 0 unspecified atom stereocenters. The molecule has 0 atom stereocenters. The largest absolute Gasteiger partial charge is 0.384 e. The smallest absolute Gasteiger partial charge is 0.251 e. The summed E-state index contributed by atoms with van der Waals surface area (Å²) >= 11 is 7.44. The Balaban J connectivity index is 1.97. The fourth-order valence-corrected chi connectivity index (χ4v) is 2.66. The zero-order valence-electron chi connectivity index (χ0n) is 11.4. The maximum Gasteiger partial charge on any atom is 0.251 e. The molecule has 2 aromatic rings. The molecule has 0 radical (unpaired) electrons. The summed E-state index contributed by atoms with van der Waals surface area (Å²) in [7, 11) is 0. The predicted octanol–water partition coefficient (Wildman–Crippen LogP) is 2.98. The first-order chi connectivity index (χ1) is 10.1. The van der Waals surface area contributed by atoms with Gasteiger partial charge in [-0.2, -0.15) is 0 Å². The van der Waals surface area contributed by atoms with Gasteiger partial charge in [0.25, 0.3) is 5.91 Å².